The van der Waals surface area contributed by atoms with Gasteiger partial charge in [0.1, 0.15) is 0 Å². The van der Waals surface area contributed by atoms with Crippen LogP contribution in [-0.4, -0.2) is 21.8 Å². The molecule has 138 valence electrons. The van der Waals surface area contributed by atoms with E-state index in [1.165, 1.54) is 23.9 Å². The van der Waals surface area contributed by atoms with Crippen LogP contribution in [0.4, 0.5) is 13.2 Å². The molecule has 3 nitrogen and oxygen atoms in total. The fourth-order valence-electron chi connectivity index (χ4n) is 2.59. The van der Waals surface area contributed by atoms with Crippen LogP contribution in [0.15, 0.2) is 64.5 Å². The zero-order valence-corrected chi connectivity index (χ0v) is 17.4. The van der Waals surface area contributed by atoms with Gasteiger partial charge in [-0.15, -0.1) is 0 Å². The number of hydrogen-bond acceptors (Lipinski definition) is 4. The van der Waals surface area contributed by atoms with Gasteiger partial charge in [0.05, 0.1) is 0 Å². The maximum absolute atomic E-state index is 12.9. The van der Waals surface area contributed by atoms with Gasteiger partial charge in [-0.25, -0.2) is 0 Å². The molecule has 0 spiro atoms. The number of rotatable bonds is 3. The SMILES string of the molecule is N#Cc1c([AsH2])nc(Sc2ccccc2)c(C#N)c1-c1ccc(C(F)(F)F)cc1. The molecule has 0 aliphatic heterocycles. The van der Waals surface area contributed by atoms with E-state index < -0.39 is 11.7 Å². The first-order chi connectivity index (χ1) is 13.3. The zero-order chi connectivity index (χ0) is 20.3. The number of alkyl halides is 3. The van der Waals surface area contributed by atoms with Crippen molar-refractivity contribution in [1.82, 2.24) is 4.98 Å². The number of aromatic nitrogens is 1. The van der Waals surface area contributed by atoms with Crippen LogP contribution in [0.3, 0.4) is 0 Å². The number of nitriles is 2. The fourth-order valence-corrected chi connectivity index (χ4v) is 4.40. The zero-order valence-electron chi connectivity index (χ0n) is 14.2. The van der Waals surface area contributed by atoms with Gasteiger partial charge < -0.3 is 0 Å². The summed E-state index contributed by atoms with van der Waals surface area (Å²) < 4.78 is 39.1. The minimum atomic E-state index is -4.46. The molecule has 0 fully saturated rings. The van der Waals surface area contributed by atoms with Crippen LogP contribution in [0.5, 0.6) is 0 Å². The Bertz CT molecular complexity index is 1100. The van der Waals surface area contributed by atoms with Gasteiger partial charge in [-0.2, -0.15) is 0 Å². The molecular formula is C20H11AsF3N3S. The fraction of sp³-hybridized carbons (Fsp3) is 0.0500. The third kappa shape index (κ3) is 4.07. The van der Waals surface area contributed by atoms with Gasteiger partial charge in [0, 0.05) is 0 Å². The van der Waals surface area contributed by atoms with E-state index in [9.17, 15) is 23.7 Å². The predicted octanol–water partition coefficient (Wildman–Crippen LogP) is 3.92. The number of nitrogens with zero attached hydrogens (tertiary/aromatic N) is 3. The van der Waals surface area contributed by atoms with Gasteiger partial charge in [-0.3, -0.25) is 0 Å². The molecule has 0 radical (unpaired) electrons. The van der Waals surface area contributed by atoms with Crippen LogP contribution >= 0.6 is 11.8 Å². The molecule has 8 heteroatoms. The Morgan fingerprint density at radius 3 is 2.04 bits per heavy atom. The summed E-state index contributed by atoms with van der Waals surface area (Å²) in [4.78, 5) is 5.28. The molecule has 0 bridgehead atoms. The van der Waals surface area contributed by atoms with Crippen molar-refractivity contribution in [1.29, 1.82) is 10.5 Å². The standard InChI is InChI=1S/C20H11AsF3N3S/c21-18-15(10-25)17(12-6-8-13(9-7-12)20(22,23)24)16(11-26)19(27-18)28-14-4-2-1-3-5-14/h1-9H,21H2. The van der Waals surface area contributed by atoms with Crippen molar-refractivity contribution in [3.05, 3.63) is 71.3 Å². The quantitative estimate of drug-likeness (QED) is 0.560. The molecule has 0 aliphatic rings. The van der Waals surface area contributed by atoms with Crippen molar-refractivity contribution in [2.24, 2.45) is 0 Å². The average molecular weight is 457 g/mol. The van der Waals surface area contributed by atoms with Crippen LogP contribution in [0.25, 0.3) is 11.1 Å². The monoisotopic (exact) mass is 457 g/mol. The molecule has 0 saturated heterocycles. The van der Waals surface area contributed by atoms with Gasteiger partial charge in [0.15, 0.2) is 0 Å². The Morgan fingerprint density at radius 2 is 1.50 bits per heavy atom. The summed E-state index contributed by atoms with van der Waals surface area (Å²) in [7, 11) is 0. The third-order valence-electron chi connectivity index (χ3n) is 3.87. The normalized spacial score (nSPS) is 10.9. The van der Waals surface area contributed by atoms with E-state index >= 15 is 0 Å². The summed E-state index contributed by atoms with van der Waals surface area (Å²) in [6, 6.07) is 17.9. The molecule has 2 aromatic carbocycles. The van der Waals surface area contributed by atoms with Gasteiger partial charge in [-0.1, -0.05) is 0 Å². The van der Waals surface area contributed by atoms with E-state index in [0.717, 1.165) is 33.9 Å². The first kappa shape index (κ1) is 20.0. The molecule has 0 aliphatic carbocycles. The van der Waals surface area contributed by atoms with Crippen LogP contribution in [-0.2, 0) is 6.18 Å². The van der Waals surface area contributed by atoms with E-state index in [1.54, 1.807) is 0 Å². The van der Waals surface area contributed by atoms with E-state index in [2.05, 4.69) is 11.1 Å². The number of halogens is 3. The maximum atomic E-state index is 12.9. The molecule has 1 heterocycles. The van der Waals surface area contributed by atoms with Crippen molar-refractivity contribution >= 4 is 33.1 Å². The molecular weight excluding hydrogens is 446 g/mol. The number of pyridine rings is 1. The summed E-state index contributed by atoms with van der Waals surface area (Å²) in [5.74, 6) is 0. The molecule has 28 heavy (non-hydrogen) atoms. The average Bonchev–Trinajstić information content (AvgIpc) is 2.68. The summed E-state index contributed by atoms with van der Waals surface area (Å²) in [5, 5.41) is 19.7. The Morgan fingerprint density at radius 1 is 0.893 bits per heavy atom. The Kier molecular flexibility index (Phi) is 5.79. The van der Waals surface area contributed by atoms with Gasteiger partial charge in [-0.05, 0) is 0 Å². The van der Waals surface area contributed by atoms with Gasteiger partial charge in [0.2, 0.25) is 0 Å². The first-order valence-electron chi connectivity index (χ1n) is 7.89. The number of hydrogen-bond donors (Lipinski definition) is 0. The van der Waals surface area contributed by atoms with Crippen LogP contribution in [0.2, 0.25) is 0 Å². The van der Waals surface area contributed by atoms with Crippen LogP contribution < -0.4 is 4.48 Å². The molecule has 1 unspecified atom stereocenters. The predicted molar refractivity (Wildman–Crippen MR) is 103 cm³/mol. The summed E-state index contributed by atoms with van der Waals surface area (Å²) >= 11 is 2.38. The van der Waals surface area contributed by atoms with E-state index in [1.807, 2.05) is 36.4 Å². The Labute approximate surface area is 172 Å². The van der Waals surface area contributed by atoms with Crippen molar-refractivity contribution < 1.29 is 13.2 Å². The summed E-state index contributed by atoms with van der Waals surface area (Å²) in [6.45, 7) is 0. The molecule has 0 saturated carbocycles. The Balaban J connectivity index is 2.19. The van der Waals surface area contributed by atoms with Crippen molar-refractivity contribution in [3.8, 4) is 23.3 Å². The van der Waals surface area contributed by atoms with Crippen molar-refractivity contribution in [2.45, 2.75) is 16.1 Å². The third-order valence-corrected chi connectivity index (χ3v) is 5.75. The van der Waals surface area contributed by atoms with E-state index in [-0.39, 0.29) is 11.1 Å². The van der Waals surface area contributed by atoms with Crippen LogP contribution in [0, 0.1) is 22.7 Å². The van der Waals surface area contributed by atoms with Crippen molar-refractivity contribution in [3.63, 3.8) is 0 Å². The summed E-state index contributed by atoms with van der Waals surface area (Å²) in [5.41, 5.74) is 0.270. The Hall–Kier alpha value is -2.73. The van der Waals surface area contributed by atoms with Crippen LogP contribution in [0.1, 0.15) is 16.7 Å². The van der Waals surface area contributed by atoms with Gasteiger partial charge >= 0.3 is 172 Å². The van der Waals surface area contributed by atoms with Crippen molar-refractivity contribution in [2.75, 3.05) is 0 Å². The van der Waals surface area contributed by atoms with E-state index in [0.29, 0.717) is 20.6 Å². The molecule has 1 atom stereocenters. The second-order valence-corrected chi connectivity index (χ2v) is 7.85. The second kappa shape index (κ2) is 8.10. The second-order valence-electron chi connectivity index (χ2n) is 5.64. The minimum absolute atomic E-state index is 0.173. The topological polar surface area (TPSA) is 60.5 Å². The molecule has 0 N–H and O–H groups in total. The molecule has 1 aromatic heterocycles. The number of benzene rings is 2. The van der Waals surface area contributed by atoms with Gasteiger partial charge in [0.25, 0.3) is 0 Å². The summed E-state index contributed by atoms with van der Waals surface area (Å²) in [6.07, 6.45) is -4.46. The molecule has 3 rings (SSSR count). The molecule has 3 aromatic rings. The molecule has 0 amide bonds. The first-order valence-corrected chi connectivity index (χ1v) is 9.92. The van der Waals surface area contributed by atoms with E-state index in [4.69, 9.17) is 0 Å².